The zero-order valence-electron chi connectivity index (χ0n) is 21.1. The monoisotopic (exact) mass is 591 g/mol. The van der Waals surface area contributed by atoms with Crippen LogP contribution in [0.25, 0.3) is 10.9 Å². The van der Waals surface area contributed by atoms with Gasteiger partial charge >= 0.3 is 32.3 Å². The van der Waals surface area contributed by atoms with E-state index in [1.807, 2.05) is 0 Å². The lowest BCUT2D eigenvalue weighted by molar-refractivity contribution is 0.0464. The Labute approximate surface area is 220 Å². The van der Waals surface area contributed by atoms with Crippen molar-refractivity contribution in [2.75, 3.05) is 24.5 Å². The zero-order chi connectivity index (χ0) is 29.2. The molecule has 0 bridgehead atoms. The molecule has 39 heavy (non-hydrogen) atoms. The molecule has 5 N–H and O–H groups in total. The molecule has 1 unspecified atom stereocenters. The number of fused-ring (bicyclic) bond motifs is 1. The van der Waals surface area contributed by atoms with Crippen LogP contribution in [-0.4, -0.2) is 77.0 Å². The van der Waals surface area contributed by atoms with Crippen molar-refractivity contribution in [2.24, 2.45) is 0 Å². The van der Waals surface area contributed by atoms with Gasteiger partial charge in [0, 0.05) is 43.5 Å². The van der Waals surface area contributed by atoms with Crippen molar-refractivity contribution in [3.05, 3.63) is 39.4 Å². The van der Waals surface area contributed by atoms with Crippen LogP contribution in [0.4, 0.5) is 14.9 Å². The van der Waals surface area contributed by atoms with E-state index in [-0.39, 0.29) is 42.3 Å². The number of piperazine rings is 1. The van der Waals surface area contributed by atoms with Crippen LogP contribution in [0.15, 0.2) is 17.1 Å². The number of carbonyl (C=O) groups excluding carboxylic acids is 1. The number of carbonyl (C=O) groups is 2. The van der Waals surface area contributed by atoms with E-state index < -0.39 is 55.2 Å². The molecule has 14 nitrogen and oxygen atoms in total. The number of nitrogens with zero attached hydrogens (tertiary/aromatic N) is 3. The Kier molecular flexibility index (Phi) is 7.25. The maximum atomic E-state index is 15.6. The number of amides is 1. The lowest BCUT2D eigenvalue weighted by Crippen LogP contribution is -2.55. The number of halogens is 1. The number of carboxylic acids is 1. The van der Waals surface area contributed by atoms with Gasteiger partial charge in [0.05, 0.1) is 16.6 Å². The molecule has 17 heteroatoms. The second-order valence-electron chi connectivity index (χ2n) is 9.92. The Balaban J connectivity index is 1.66. The van der Waals surface area contributed by atoms with Gasteiger partial charge < -0.3 is 43.8 Å². The number of aromatic nitrogens is 1. The topological polar surface area (TPSA) is 207 Å². The minimum Gasteiger partial charge on any atom is -0.477 e. The van der Waals surface area contributed by atoms with Gasteiger partial charge in [-0.25, -0.2) is 14.0 Å². The van der Waals surface area contributed by atoms with Crippen LogP contribution in [0.3, 0.4) is 0 Å². The van der Waals surface area contributed by atoms with E-state index in [0.29, 0.717) is 12.4 Å². The van der Waals surface area contributed by atoms with Crippen molar-refractivity contribution in [1.82, 2.24) is 9.47 Å². The predicted octanol–water partition coefficient (Wildman–Crippen LogP) is 2.16. The van der Waals surface area contributed by atoms with Crippen LogP contribution in [0, 0.1) is 12.7 Å². The number of aromatic carboxylic acids is 1. The van der Waals surface area contributed by atoms with Crippen LogP contribution >= 0.6 is 15.2 Å². The average molecular weight is 591 g/mol. The van der Waals surface area contributed by atoms with E-state index in [4.69, 9.17) is 4.74 Å². The van der Waals surface area contributed by atoms with E-state index in [1.54, 1.807) is 9.47 Å². The summed E-state index contributed by atoms with van der Waals surface area (Å²) in [4.78, 5) is 77.8. The molecular weight excluding hydrogens is 563 g/mol. The highest BCUT2D eigenvalue weighted by molar-refractivity contribution is 7.72. The molecule has 1 atom stereocenters. The SMILES string of the molecule is Cc1c(F)c(N2CCN(C(=O)OC(C)(P(=O)(O)O)P(=O)(O)O)C(C)C2)cc2c1c(=O)c(C(=O)O)cn2C1CC1. The summed E-state index contributed by atoms with van der Waals surface area (Å²) < 4.78 is 45.5. The van der Waals surface area contributed by atoms with Crippen molar-refractivity contribution in [1.29, 1.82) is 0 Å². The van der Waals surface area contributed by atoms with Crippen LogP contribution in [-0.2, 0) is 13.9 Å². The lowest BCUT2D eigenvalue weighted by atomic mass is 10.0. The molecule has 1 amide bonds. The van der Waals surface area contributed by atoms with E-state index in [2.05, 4.69) is 0 Å². The van der Waals surface area contributed by atoms with Crippen LogP contribution in [0.5, 0.6) is 0 Å². The minimum absolute atomic E-state index is 0.000370. The number of anilines is 1. The summed E-state index contributed by atoms with van der Waals surface area (Å²) >= 11 is 0. The molecule has 214 valence electrons. The first-order chi connectivity index (χ1) is 17.9. The highest BCUT2D eigenvalue weighted by Gasteiger charge is 2.61. The van der Waals surface area contributed by atoms with Gasteiger partial charge in [0.1, 0.15) is 11.4 Å². The second kappa shape index (κ2) is 9.69. The summed E-state index contributed by atoms with van der Waals surface area (Å²) in [6.07, 6.45) is 1.43. The summed E-state index contributed by atoms with van der Waals surface area (Å²) in [5.41, 5.74) is -0.806. The molecule has 0 radical (unpaired) electrons. The molecule has 1 aromatic carbocycles. The molecule has 1 aromatic heterocycles. The fourth-order valence-electron chi connectivity index (χ4n) is 4.65. The smallest absolute Gasteiger partial charge is 0.411 e. The molecule has 1 saturated carbocycles. The maximum Gasteiger partial charge on any atom is 0.411 e. The molecule has 2 heterocycles. The maximum absolute atomic E-state index is 15.6. The fourth-order valence-corrected chi connectivity index (χ4v) is 6.40. The first kappa shape index (κ1) is 29.2. The molecule has 4 rings (SSSR count). The molecular formula is C22H28FN3O11P2. The number of ether oxygens (including phenoxy) is 1. The van der Waals surface area contributed by atoms with Gasteiger partial charge in [0.2, 0.25) is 5.43 Å². The van der Waals surface area contributed by atoms with Crippen molar-refractivity contribution in [3.63, 3.8) is 0 Å². The molecule has 2 fully saturated rings. The van der Waals surface area contributed by atoms with Gasteiger partial charge in [-0.15, -0.1) is 0 Å². The van der Waals surface area contributed by atoms with Gasteiger partial charge in [-0.2, -0.15) is 0 Å². The summed E-state index contributed by atoms with van der Waals surface area (Å²) in [7, 11) is -11.2. The number of hydrogen-bond donors (Lipinski definition) is 5. The third-order valence-electron chi connectivity index (χ3n) is 7.21. The summed E-state index contributed by atoms with van der Waals surface area (Å²) in [6.45, 7) is 3.22. The largest absolute Gasteiger partial charge is 0.477 e. The number of carboxylic acid groups (broad SMARTS) is 1. The van der Waals surface area contributed by atoms with Gasteiger partial charge in [0.15, 0.2) is 0 Å². The Morgan fingerprint density at radius 1 is 1.13 bits per heavy atom. The summed E-state index contributed by atoms with van der Waals surface area (Å²) in [6, 6.07) is 0.675. The summed E-state index contributed by atoms with van der Waals surface area (Å²) in [5, 5.41) is 6.06. The van der Waals surface area contributed by atoms with Crippen molar-refractivity contribution >= 4 is 43.8 Å². The van der Waals surface area contributed by atoms with E-state index in [1.165, 1.54) is 26.1 Å². The lowest BCUT2D eigenvalue weighted by Gasteiger charge is -2.42. The molecule has 2 aliphatic rings. The Morgan fingerprint density at radius 2 is 1.72 bits per heavy atom. The van der Waals surface area contributed by atoms with E-state index in [9.17, 15) is 48.2 Å². The normalized spacial score (nSPS) is 18.9. The molecule has 1 aliphatic carbocycles. The van der Waals surface area contributed by atoms with Crippen molar-refractivity contribution in [2.45, 2.75) is 50.8 Å². The van der Waals surface area contributed by atoms with Gasteiger partial charge in [-0.1, -0.05) is 0 Å². The summed E-state index contributed by atoms with van der Waals surface area (Å²) in [5.74, 6) is -2.16. The van der Waals surface area contributed by atoms with Crippen LogP contribution < -0.4 is 10.3 Å². The van der Waals surface area contributed by atoms with Crippen molar-refractivity contribution in [3.8, 4) is 0 Å². The molecule has 0 spiro atoms. The van der Waals surface area contributed by atoms with Gasteiger partial charge in [-0.3, -0.25) is 13.9 Å². The average Bonchev–Trinajstić information content (AvgIpc) is 3.64. The Hall–Kier alpha value is -2.80. The minimum atomic E-state index is -5.61. The van der Waals surface area contributed by atoms with Gasteiger partial charge in [0.25, 0.3) is 0 Å². The Morgan fingerprint density at radius 3 is 2.21 bits per heavy atom. The fraction of sp³-hybridized carbons (Fsp3) is 0.500. The highest BCUT2D eigenvalue weighted by Crippen LogP contribution is 2.69. The first-order valence-corrected chi connectivity index (χ1v) is 15.1. The predicted molar refractivity (Wildman–Crippen MR) is 135 cm³/mol. The third kappa shape index (κ3) is 4.99. The van der Waals surface area contributed by atoms with E-state index >= 15 is 4.39 Å². The number of benzene rings is 1. The number of hydrogen-bond acceptors (Lipinski definition) is 7. The van der Waals surface area contributed by atoms with Gasteiger partial charge in [-0.05, 0) is 39.7 Å². The molecule has 1 aliphatic heterocycles. The second-order valence-corrected chi connectivity index (χ2v) is 14.2. The molecule has 1 saturated heterocycles. The number of rotatable bonds is 6. The quantitative estimate of drug-likeness (QED) is 0.306. The van der Waals surface area contributed by atoms with Crippen molar-refractivity contribution < 1.29 is 52.5 Å². The Bertz CT molecular complexity index is 1510. The number of pyridine rings is 1. The zero-order valence-corrected chi connectivity index (χ0v) is 22.9. The number of aryl methyl sites for hydroxylation is 1. The van der Waals surface area contributed by atoms with Crippen LogP contribution in [0.1, 0.15) is 48.7 Å². The van der Waals surface area contributed by atoms with Crippen LogP contribution in [0.2, 0.25) is 0 Å². The third-order valence-corrected chi connectivity index (χ3v) is 11.1. The van der Waals surface area contributed by atoms with E-state index in [0.717, 1.165) is 17.7 Å². The standard InChI is InChI=1S/C22H28FN3O11P2/c1-11-9-24(6-7-25(11)21(30)37-22(3,38(31,32)33)39(34,35)36)16-8-15-17(12(2)18(16)23)19(27)14(20(28)29)10-26(15)13-4-5-13/h8,10-11,13H,4-7,9H2,1-3H3,(H,28,29)(H2,31,32,33)(H2,34,35,36). The first-order valence-electron chi connectivity index (χ1n) is 11.9. The highest BCUT2D eigenvalue weighted by atomic mass is 31.2. The molecule has 2 aromatic rings.